The second-order valence-corrected chi connectivity index (χ2v) is 9.61. The highest BCUT2D eigenvalue weighted by molar-refractivity contribution is 7.99. The molecular formula is C25H20ClN5O3S2. The van der Waals surface area contributed by atoms with Gasteiger partial charge in [-0.1, -0.05) is 35.5 Å². The lowest BCUT2D eigenvalue weighted by molar-refractivity contribution is -0.113. The summed E-state index contributed by atoms with van der Waals surface area (Å²) in [6, 6.07) is 18.6. The van der Waals surface area contributed by atoms with E-state index >= 15 is 0 Å². The molecule has 0 aliphatic carbocycles. The quantitative estimate of drug-likeness (QED) is 0.216. The molecule has 0 aliphatic heterocycles. The van der Waals surface area contributed by atoms with Crippen molar-refractivity contribution < 1.29 is 13.9 Å². The molecule has 0 saturated carbocycles. The van der Waals surface area contributed by atoms with Crippen LogP contribution in [-0.4, -0.2) is 38.0 Å². The number of anilines is 1. The summed E-state index contributed by atoms with van der Waals surface area (Å²) in [6.07, 6.45) is 1.57. The number of carbonyl (C=O) groups is 1. The molecule has 3 aromatic heterocycles. The summed E-state index contributed by atoms with van der Waals surface area (Å²) in [5, 5.41) is 14.9. The topological polar surface area (TPSA) is 95.1 Å². The van der Waals surface area contributed by atoms with E-state index in [1.165, 1.54) is 23.1 Å². The van der Waals surface area contributed by atoms with Crippen LogP contribution in [0, 0.1) is 0 Å². The Bertz CT molecular complexity index is 1470. The highest BCUT2D eigenvalue weighted by Crippen LogP contribution is 2.32. The highest BCUT2D eigenvalue weighted by atomic mass is 35.5. The Morgan fingerprint density at radius 1 is 1.14 bits per heavy atom. The SMILES string of the molecule is CCOc1ccc(-c2csc(NC(=O)CSc3nnc(-c4ccco4)n3-c3ccccc3Cl)n2)cc1. The van der Waals surface area contributed by atoms with Crippen LogP contribution in [0.25, 0.3) is 28.5 Å². The van der Waals surface area contributed by atoms with Crippen molar-refractivity contribution in [1.82, 2.24) is 19.7 Å². The van der Waals surface area contributed by atoms with Crippen LogP contribution in [0.3, 0.4) is 0 Å². The van der Waals surface area contributed by atoms with Crippen molar-refractivity contribution in [3.63, 3.8) is 0 Å². The van der Waals surface area contributed by atoms with Crippen LogP contribution in [0.15, 0.2) is 81.9 Å². The number of aromatic nitrogens is 4. The monoisotopic (exact) mass is 537 g/mol. The molecule has 0 fully saturated rings. The van der Waals surface area contributed by atoms with E-state index in [4.69, 9.17) is 20.8 Å². The van der Waals surface area contributed by atoms with Crippen LogP contribution in [0.2, 0.25) is 5.02 Å². The Labute approximate surface area is 220 Å². The number of nitrogens with one attached hydrogen (secondary N) is 1. The number of hydrogen-bond donors (Lipinski definition) is 1. The molecule has 0 bridgehead atoms. The number of thioether (sulfide) groups is 1. The van der Waals surface area contributed by atoms with E-state index in [0.717, 1.165) is 17.0 Å². The molecule has 5 aromatic rings. The minimum atomic E-state index is -0.208. The number of para-hydroxylation sites is 1. The summed E-state index contributed by atoms with van der Waals surface area (Å²) < 4.78 is 12.8. The summed E-state index contributed by atoms with van der Waals surface area (Å²) in [6.45, 7) is 2.56. The number of rotatable bonds is 9. The van der Waals surface area contributed by atoms with Crippen molar-refractivity contribution in [2.45, 2.75) is 12.1 Å². The van der Waals surface area contributed by atoms with Crippen molar-refractivity contribution >= 4 is 45.7 Å². The van der Waals surface area contributed by atoms with Gasteiger partial charge in [0.15, 0.2) is 16.0 Å². The predicted octanol–water partition coefficient (Wildman–Crippen LogP) is 6.43. The first kappa shape index (κ1) is 24.1. The highest BCUT2D eigenvalue weighted by Gasteiger charge is 2.20. The van der Waals surface area contributed by atoms with Gasteiger partial charge < -0.3 is 14.5 Å². The third kappa shape index (κ3) is 5.30. The fourth-order valence-corrected chi connectivity index (χ4v) is 5.12. The first-order valence-corrected chi connectivity index (χ1v) is 13.2. The number of benzene rings is 2. The molecular weight excluding hydrogens is 518 g/mol. The summed E-state index contributed by atoms with van der Waals surface area (Å²) in [5.74, 6) is 1.75. The molecule has 1 N–H and O–H groups in total. The number of hydrogen-bond acceptors (Lipinski definition) is 8. The average molecular weight is 538 g/mol. The summed E-state index contributed by atoms with van der Waals surface area (Å²) >= 11 is 9.07. The Kier molecular flexibility index (Phi) is 7.36. The third-order valence-corrected chi connectivity index (χ3v) is 7.02. The van der Waals surface area contributed by atoms with Crippen molar-refractivity contribution in [3.8, 4) is 34.3 Å². The largest absolute Gasteiger partial charge is 0.494 e. The van der Waals surface area contributed by atoms with Crippen LogP contribution < -0.4 is 10.1 Å². The first-order chi connectivity index (χ1) is 17.6. The Morgan fingerprint density at radius 2 is 1.97 bits per heavy atom. The zero-order valence-corrected chi connectivity index (χ0v) is 21.4. The number of furan rings is 1. The lowest BCUT2D eigenvalue weighted by Gasteiger charge is -2.10. The van der Waals surface area contributed by atoms with E-state index in [-0.39, 0.29) is 11.7 Å². The standard InChI is InChI=1S/C25H20ClN5O3S2/c1-2-33-17-11-9-16(10-12-17)19-14-35-24(27-19)28-22(32)15-36-25-30-29-23(21-8-5-13-34-21)31(25)20-7-4-3-6-18(20)26/h3-14H,2,15H2,1H3,(H,27,28,32). The van der Waals surface area contributed by atoms with Gasteiger partial charge in [0, 0.05) is 10.9 Å². The van der Waals surface area contributed by atoms with E-state index in [9.17, 15) is 4.79 Å². The van der Waals surface area contributed by atoms with Crippen molar-refractivity contribution in [2.75, 3.05) is 17.7 Å². The lowest BCUT2D eigenvalue weighted by atomic mass is 10.2. The molecule has 0 saturated heterocycles. The van der Waals surface area contributed by atoms with Gasteiger partial charge in [0.2, 0.25) is 11.7 Å². The minimum Gasteiger partial charge on any atom is -0.494 e. The maximum Gasteiger partial charge on any atom is 0.236 e. The van der Waals surface area contributed by atoms with Gasteiger partial charge in [-0.05, 0) is 55.5 Å². The number of halogens is 1. The Morgan fingerprint density at radius 3 is 2.72 bits per heavy atom. The average Bonchev–Trinajstić information content (AvgIpc) is 3.65. The predicted molar refractivity (Wildman–Crippen MR) is 142 cm³/mol. The zero-order valence-electron chi connectivity index (χ0n) is 19.1. The molecule has 182 valence electrons. The van der Waals surface area contributed by atoms with Gasteiger partial charge in [0.05, 0.1) is 35.0 Å². The van der Waals surface area contributed by atoms with Gasteiger partial charge in [-0.25, -0.2) is 4.98 Å². The van der Waals surface area contributed by atoms with Crippen LogP contribution in [0.1, 0.15) is 6.92 Å². The molecule has 0 unspecified atom stereocenters. The molecule has 11 heteroatoms. The van der Waals surface area contributed by atoms with E-state index in [1.54, 1.807) is 29.0 Å². The number of ether oxygens (including phenoxy) is 1. The zero-order chi connectivity index (χ0) is 24.9. The second kappa shape index (κ2) is 11.0. The molecule has 36 heavy (non-hydrogen) atoms. The molecule has 8 nitrogen and oxygen atoms in total. The molecule has 0 aliphatic rings. The smallest absolute Gasteiger partial charge is 0.236 e. The first-order valence-electron chi connectivity index (χ1n) is 11.0. The summed E-state index contributed by atoms with van der Waals surface area (Å²) in [5.41, 5.74) is 2.42. The molecule has 0 radical (unpaired) electrons. The maximum absolute atomic E-state index is 12.7. The van der Waals surface area contributed by atoms with Crippen molar-refractivity contribution in [2.24, 2.45) is 0 Å². The van der Waals surface area contributed by atoms with Crippen LogP contribution in [-0.2, 0) is 4.79 Å². The Hall–Kier alpha value is -3.60. The summed E-state index contributed by atoms with van der Waals surface area (Å²) in [4.78, 5) is 17.3. The lowest BCUT2D eigenvalue weighted by Crippen LogP contribution is -2.14. The number of thiazole rings is 1. The van der Waals surface area contributed by atoms with Crippen LogP contribution in [0.5, 0.6) is 5.75 Å². The van der Waals surface area contributed by atoms with E-state index in [0.29, 0.717) is 39.2 Å². The van der Waals surface area contributed by atoms with E-state index in [1.807, 2.05) is 54.8 Å². The molecule has 3 heterocycles. The number of carbonyl (C=O) groups excluding carboxylic acids is 1. The van der Waals surface area contributed by atoms with Crippen molar-refractivity contribution in [3.05, 3.63) is 77.3 Å². The van der Waals surface area contributed by atoms with Crippen LogP contribution >= 0.6 is 34.7 Å². The maximum atomic E-state index is 12.7. The van der Waals surface area contributed by atoms with Crippen molar-refractivity contribution in [1.29, 1.82) is 0 Å². The summed E-state index contributed by atoms with van der Waals surface area (Å²) in [7, 11) is 0. The number of nitrogens with zero attached hydrogens (tertiary/aromatic N) is 4. The Balaban J connectivity index is 1.29. The normalized spacial score (nSPS) is 10.9. The molecule has 1 amide bonds. The van der Waals surface area contributed by atoms with Crippen LogP contribution in [0.4, 0.5) is 5.13 Å². The molecule has 2 aromatic carbocycles. The minimum absolute atomic E-state index is 0.110. The third-order valence-electron chi connectivity index (χ3n) is 5.01. The van der Waals surface area contributed by atoms with Gasteiger partial charge >= 0.3 is 0 Å². The van der Waals surface area contributed by atoms with Gasteiger partial charge in [-0.3, -0.25) is 9.36 Å². The van der Waals surface area contributed by atoms with E-state index in [2.05, 4.69) is 20.5 Å². The fraction of sp³-hybridized carbons (Fsp3) is 0.120. The molecule has 0 atom stereocenters. The van der Waals surface area contributed by atoms with E-state index < -0.39 is 0 Å². The van der Waals surface area contributed by atoms with Gasteiger partial charge in [0.1, 0.15) is 5.75 Å². The molecule has 5 rings (SSSR count). The molecule has 0 spiro atoms. The van der Waals surface area contributed by atoms with Gasteiger partial charge in [-0.15, -0.1) is 21.5 Å². The van der Waals surface area contributed by atoms with Gasteiger partial charge in [-0.2, -0.15) is 0 Å². The second-order valence-electron chi connectivity index (χ2n) is 7.40. The number of amides is 1. The fourth-order valence-electron chi connectivity index (χ4n) is 3.42. The van der Waals surface area contributed by atoms with Gasteiger partial charge in [0.25, 0.3) is 0 Å².